The largest absolute Gasteiger partial charge is 0.349 e. The number of thiol groups is 1. The highest BCUT2D eigenvalue weighted by molar-refractivity contribution is 7.81. The molecule has 3 heterocycles. The average Bonchev–Trinajstić information content (AvgIpc) is 2.98. The molecule has 0 spiro atoms. The summed E-state index contributed by atoms with van der Waals surface area (Å²) in [5.74, 6) is 1.83. The van der Waals surface area contributed by atoms with Gasteiger partial charge in [0, 0.05) is 0 Å². The molecule has 3 fully saturated rings. The molecule has 0 aromatic heterocycles. The normalized spacial score (nSPS) is 47.4. The first-order chi connectivity index (χ1) is 10.5. The van der Waals surface area contributed by atoms with E-state index in [9.17, 15) is 0 Å². The van der Waals surface area contributed by atoms with Crippen LogP contribution in [0.2, 0.25) is 0 Å². The van der Waals surface area contributed by atoms with Gasteiger partial charge in [-0.15, -0.1) is 19.1 Å². The Morgan fingerprint density at radius 1 is 1.35 bits per heavy atom. The van der Waals surface area contributed by atoms with Gasteiger partial charge in [0.2, 0.25) is 0 Å². The summed E-state index contributed by atoms with van der Waals surface area (Å²) < 4.78 is 30.1. The molecule has 0 bridgehead atoms. The van der Waals surface area contributed by atoms with E-state index in [0.29, 0.717) is 6.61 Å². The van der Waals surface area contributed by atoms with E-state index in [1.54, 1.807) is 0 Å². The number of hydrogen-bond donors (Lipinski definition) is 1. The number of hydrogen-bond acceptors (Lipinski definition) is 6. The zero-order valence-corrected chi connectivity index (χ0v) is 15.3. The molecule has 5 nitrogen and oxygen atoms in total. The molecular weight excluding hydrogens is 315 g/mol. The molecule has 3 rings (SSSR count). The van der Waals surface area contributed by atoms with Gasteiger partial charge >= 0.3 is 0 Å². The lowest BCUT2D eigenvalue weighted by Gasteiger charge is -2.41. The summed E-state index contributed by atoms with van der Waals surface area (Å²) in [6.07, 6.45) is 5.35. The van der Waals surface area contributed by atoms with E-state index < -0.39 is 22.3 Å². The average molecular weight is 340 g/mol. The molecule has 128 valence electrons. The lowest BCUT2D eigenvalue weighted by Crippen LogP contribution is -2.58. The van der Waals surface area contributed by atoms with E-state index in [1.807, 2.05) is 35.5 Å². The van der Waals surface area contributed by atoms with Crippen molar-refractivity contribution in [2.45, 2.75) is 68.3 Å². The van der Waals surface area contributed by atoms with Crippen LogP contribution in [0.5, 0.6) is 0 Å². The Bertz CT molecular complexity index is 533. The highest BCUT2D eigenvalue weighted by Gasteiger charge is 2.67. The highest BCUT2D eigenvalue weighted by Crippen LogP contribution is 2.55. The van der Waals surface area contributed by atoms with Crippen molar-refractivity contribution < 1.29 is 23.7 Å². The zero-order chi connectivity index (χ0) is 17.1. The van der Waals surface area contributed by atoms with Crippen molar-refractivity contribution in [3.05, 3.63) is 0 Å². The molecule has 5 atom stereocenters. The van der Waals surface area contributed by atoms with Gasteiger partial charge in [-0.05, 0) is 34.1 Å². The minimum absolute atomic E-state index is 0.0247. The highest BCUT2D eigenvalue weighted by atomic mass is 32.1. The molecular formula is C16H25BO5S. The van der Waals surface area contributed by atoms with Gasteiger partial charge in [0.1, 0.15) is 25.5 Å². The Kier molecular flexibility index (Phi) is 4.12. The van der Waals surface area contributed by atoms with E-state index >= 15 is 0 Å². The van der Waals surface area contributed by atoms with Crippen LogP contribution in [0.25, 0.3) is 0 Å². The van der Waals surface area contributed by atoms with E-state index in [1.165, 1.54) is 0 Å². The predicted octanol–water partition coefficient (Wildman–Crippen LogP) is 0.915. The Balaban J connectivity index is 1.90. The van der Waals surface area contributed by atoms with Gasteiger partial charge in [-0.25, -0.2) is 0 Å². The zero-order valence-electron chi connectivity index (χ0n) is 14.4. The van der Waals surface area contributed by atoms with Gasteiger partial charge in [0.05, 0.1) is 23.6 Å². The van der Waals surface area contributed by atoms with E-state index in [2.05, 4.69) is 5.92 Å². The molecule has 23 heavy (non-hydrogen) atoms. The quantitative estimate of drug-likeness (QED) is 0.358. The third kappa shape index (κ3) is 2.94. The summed E-state index contributed by atoms with van der Waals surface area (Å²) in [7, 11) is 1.96. The van der Waals surface area contributed by atoms with Gasteiger partial charge in [-0.2, -0.15) is 0 Å². The van der Waals surface area contributed by atoms with E-state index in [0.717, 1.165) is 6.42 Å². The van der Waals surface area contributed by atoms with Crippen LogP contribution in [0.4, 0.5) is 0 Å². The predicted molar refractivity (Wildman–Crippen MR) is 90.8 cm³/mol. The number of fused-ring (bicyclic) bond motifs is 1. The second-order valence-electron chi connectivity index (χ2n) is 7.92. The van der Waals surface area contributed by atoms with E-state index in [4.69, 9.17) is 42.7 Å². The molecule has 0 saturated carbocycles. The summed E-state index contributed by atoms with van der Waals surface area (Å²) in [6.45, 7) is 8.41. The fourth-order valence-corrected chi connectivity index (χ4v) is 4.56. The van der Waals surface area contributed by atoms with Gasteiger partial charge < -0.3 is 23.7 Å². The Hall–Kier alpha value is -0.225. The topological polar surface area (TPSA) is 46.2 Å². The fourth-order valence-electron chi connectivity index (χ4n) is 3.95. The SMILES string of the molecule is B[C@@]1(C2OC3OC(C)(C)CC3C2(S)OCC#C)COC(C)(C)O1. The summed E-state index contributed by atoms with van der Waals surface area (Å²) in [5.41, 5.74) is -0.960. The molecule has 3 saturated heterocycles. The lowest BCUT2D eigenvalue weighted by molar-refractivity contribution is -0.213. The van der Waals surface area contributed by atoms with E-state index in [-0.39, 0.29) is 24.4 Å². The van der Waals surface area contributed by atoms with Gasteiger partial charge in [0.15, 0.2) is 12.1 Å². The van der Waals surface area contributed by atoms with Crippen molar-refractivity contribution in [1.29, 1.82) is 0 Å². The van der Waals surface area contributed by atoms with Crippen molar-refractivity contribution in [2.75, 3.05) is 13.2 Å². The smallest absolute Gasteiger partial charge is 0.165 e. The van der Waals surface area contributed by atoms with Crippen molar-refractivity contribution in [1.82, 2.24) is 0 Å². The summed E-state index contributed by atoms with van der Waals surface area (Å²) in [6, 6.07) is 0. The van der Waals surface area contributed by atoms with Crippen molar-refractivity contribution in [3.8, 4) is 12.3 Å². The Morgan fingerprint density at radius 3 is 2.61 bits per heavy atom. The number of terminal acetylenes is 1. The van der Waals surface area contributed by atoms with Gasteiger partial charge in [-0.1, -0.05) is 5.92 Å². The Labute approximate surface area is 144 Å². The first kappa shape index (κ1) is 17.6. The van der Waals surface area contributed by atoms with Crippen LogP contribution in [0.15, 0.2) is 0 Å². The van der Waals surface area contributed by atoms with Crippen molar-refractivity contribution >= 4 is 20.5 Å². The minimum atomic E-state index is -0.886. The first-order valence-electron chi connectivity index (χ1n) is 7.99. The maximum absolute atomic E-state index is 6.22. The third-order valence-corrected chi connectivity index (χ3v) is 5.47. The summed E-state index contributed by atoms with van der Waals surface area (Å²) >= 11 is 4.89. The van der Waals surface area contributed by atoms with Crippen LogP contribution in [-0.2, 0) is 23.7 Å². The molecule has 3 aliphatic heterocycles. The van der Waals surface area contributed by atoms with Crippen molar-refractivity contribution in [2.24, 2.45) is 5.92 Å². The maximum atomic E-state index is 6.22. The van der Waals surface area contributed by atoms with Crippen LogP contribution in [0, 0.1) is 18.3 Å². The van der Waals surface area contributed by atoms with Crippen LogP contribution in [0.3, 0.4) is 0 Å². The molecule has 0 aliphatic carbocycles. The summed E-state index contributed by atoms with van der Waals surface area (Å²) in [5, 5.41) is 0. The van der Waals surface area contributed by atoms with Crippen molar-refractivity contribution in [3.63, 3.8) is 0 Å². The molecule has 0 aromatic carbocycles. The van der Waals surface area contributed by atoms with Crippen LogP contribution >= 0.6 is 12.6 Å². The monoisotopic (exact) mass is 340 g/mol. The molecule has 0 amide bonds. The molecule has 3 aliphatic rings. The van der Waals surface area contributed by atoms with Gasteiger partial charge in [-0.3, -0.25) is 0 Å². The Morgan fingerprint density at radius 2 is 2.04 bits per heavy atom. The molecule has 4 unspecified atom stereocenters. The van der Waals surface area contributed by atoms with Crippen LogP contribution < -0.4 is 0 Å². The number of rotatable bonds is 3. The second-order valence-corrected chi connectivity index (χ2v) is 8.62. The van der Waals surface area contributed by atoms with Crippen LogP contribution in [0.1, 0.15) is 34.1 Å². The maximum Gasteiger partial charge on any atom is 0.165 e. The second kappa shape index (κ2) is 5.39. The first-order valence-corrected chi connectivity index (χ1v) is 8.43. The molecule has 0 radical (unpaired) electrons. The van der Waals surface area contributed by atoms with Crippen LogP contribution in [-0.4, -0.2) is 55.3 Å². The molecule has 0 aromatic rings. The third-order valence-electron chi connectivity index (χ3n) is 4.78. The fraction of sp³-hybridized carbons (Fsp3) is 0.875. The summed E-state index contributed by atoms with van der Waals surface area (Å²) in [4.78, 5) is -0.886. The molecule has 7 heteroatoms. The standard InChI is InChI=1S/C16H25BO5S/c1-6-7-18-16(23)10-8-13(2,3)21-11(10)20-12(16)15(17)9-19-14(4,5)22-15/h1,10-12,23H,7-9,17H2,2-5H3/t10?,11?,12?,15-,16?/m0/s1. The lowest BCUT2D eigenvalue weighted by atomic mass is 9.73. The minimum Gasteiger partial charge on any atom is -0.349 e. The number of ether oxygens (including phenoxy) is 5. The van der Waals surface area contributed by atoms with Gasteiger partial charge in [0.25, 0.3) is 0 Å². The molecule has 0 N–H and O–H groups in total.